The van der Waals surface area contributed by atoms with Gasteiger partial charge >= 0.3 is 0 Å². The number of unbranched alkanes of at least 4 members (excludes halogenated alkanes) is 1. The second-order valence-electron chi connectivity index (χ2n) is 2.84. The molecule has 0 aliphatic carbocycles. The molecular formula is C9H13NO2. The number of amides is 2. The molecule has 0 saturated carbocycles. The van der Waals surface area contributed by atoms with E-state index in [9.17, 15) is 9.59 Å². The topological polar surface area (TPSA) is 37.4 Å². The van der Waals surface area contributed by atoms with Gasteiger partial charge in [0.1, 0.15) is 0 Å². The molecule has 0 aromatic heterocycles. The lowest BCUT2D eigenvalue weighted by atomic mass is 10.2. The maximum atomic E-state index is 11.2. The molecule has 0 aromatic carbocycles. The van der Waals surface area contributed by atoms with Gasteiger partial charge in [-0.3, -0.25) is 14.5 Å². The summed E-state index contributed by atoms with van der Waals surface area (Å²) in [5, 5.41) is 0. The van der Waals surface area contributed by atoms with Crippen molar-refractivity contribution in [3.8, 4) is 0 Å². The predicted molar refractivity (Wildman–Crippen MR) is 45.4 cm³/mol. The van der Waals surface area contributed by atoms with Crippen LogP contribution in [-0.4, -0.2) is 23.3 Å². The van der Waals surface area contributed by atoms with E-state index in [1.807, 2.05) is 6.92 Å². The molecule has 0 spiro atoms. The van der Waals surface area contributed by atoms with Crippen molar-refractivity contribution < 1.29 is 9.59 Å². The summed E-state index contributed by atoms with van der Waals surface area (Å²) in [5.41, 5.74) is 0. The second-order valence-corrected chi connectivity index (χ2v) is 2.84. The molecular weight excluding hydrogens is 154 g/mol. The first-order valence-electron chi connectivity index (χ1n) is 4.26. The van der Waals surface area contributed by atoms with Gasteiger partial charge in [0.05, 0.1) is 0 Å². The number of hydrogen-bond acceptors (Lipinski definition) is 2. The normalized spacial score (nSPS) is 17.2. The van der Waals surface area contributed by atoms with Gasteiger partial charge in [0.2, 0.25) is 5.91 Å². The highest BCUT2D eigenvalue weighted by Gasteiger charge is 2.20. The summed E-state index contributed by atoms with van der Waals surface area (Å²) in [5.74, 6) is -0.240. The van der Waals surface area contributed by atoms with E-state index >= 15 is 0 Å². The zero-order chi connectivity index (χ0) is 8.97. The standard InChI is InChI=1S/C9H13NO2/c1-2-3-7-10-8(11)5-4-6-9(10)12/h4-5H,2-3,6-7H2,1H3. The van der Waals surface area contributed by atoms with E-state index in [0.29, 0.717) is 13.0 Å². The van der Waals surface area contributed by atoms with Crippen molar-refractivity contribution in [2.45, 2.75) is 26.2 Å². The van der Waals surface area contributed by atoms with Crippen LogP contribution in [0.5, 0.6) is 0 Å². The van der Waals surface area contributed by atoms with E-state index in [2.05, 4.69) is 0 Å². The molecule has 0 unspecified atom stereocenters. The fourth-order valence-corrected chi connectivity index (χ4v) is 1.13. The lowest BCUT2D eigenvalue weighted by molar-refractivity contribution is -0.142. The van der Waals surface area contributed by atoms with Crippen LogP contribution in [0.25, 0.3) is 0 Å². The molecule has 2 amide bonds. The summed E-state index contributed by atoms with van der Waals surface area (Å²) in [6.07, 6.45) is 5.35. The molecule has 0 fully saturated rings. The van der Waals surface area contributed by atoms with Crippen molar-refractivity contribution in [1.82, 2.24) is 4.90 Å². The molecule has 1 aliphatic rings. The summed E-state index contributed by atoms with van der Waals surface area (Å²) < 4.78 is 0. The average Bonchev–Trinajstić information content (AvgIpc) is 2.04. The summed E-state index contributed by atoms with van der Waals surface area (Å²) in [6, 6.07) is 0. The van der Waals surface area contributed by atoms with E-state index in [-0.39, 0.29) is 11.8 Å². The van der Waals surface area contributed by atoms with Crippen LogP contribution in [0.15, 0.2) is 12.2 Å². The van der Waals surface area contributed by atoms with Gasteiger partial charge in [-0.2, -0.15) is 0 Å². The Kier molecular flexibility index (Phi) is 3.02. The lowest BCUT2D eigenvalue weighted by Gasteiger charge is -2.20. The van der Waals surface area contributed by atoms with Crippen molar-refractivity contribution in [2.75, 3.05) is 6.54 Å². The summed E-state index contributed by atoms with van der Waals surface area (Å²) >= 11 is 0. The van der Waals surface area contributed by atoms with E-state index in [4.69, 9.17) is 0 Å². The van der Waals surface area contributed by atoms with Crippen molar-refractivity contribution in [3.63, 3.8) is 0 Å². The van der Waals surface area contributed by atoms with E-state index in [1.165, 1.54) is 11.0 Å². The first-order chi connectivity index (χ1) is 5.75. The number of rotatable bonds is 3. The summed E-state index contributed by atoms with van der Waals surface area (Å²) in [7, 11) is 0. The van der Waals surface area contributed by atoms with Gasteiger partial charge in [-0.1, -0.05) is 19.4 Å². The van der Waals surface area contributed by atoms with E-state index in [1.54, 1.807) is 6.08 Å². The monoisotopic (exact) mass is 167 g/mol. The lowest BCUT2D eigenvalue weighted by Crippen LogP contribution is -2.38. The highest BCUT2D eigenvalue weighted by atomic mass is 16.2. The molecule has 1 heterocycles. The zero-order valence-electron chi connectivity index (χ0n) is 7.25. The van der Waals surface area contributed by atoms with Gasteiger partial charge in [-0.15, -0.1) is 0 Å². The number of nitrogens with zero attached hydrogens (tertiary/aromatic N) is 1. The van der Waals surface area contributed by atoms with Gasteiger partial charge in [0.25, 0.3) is 5.91 Å². The predicted octanol–water partition coefficient (Wildman–Crippen LogP) is 1.10. The third-order valence-electron chi connectivity index (χ3n) is 1.86. The van der Waals surface area contributed by atoms with Crippen LogP contribution >= 0.6 is 0 Å². The van der Waals surface area contributed by atoms with E-state index in [0.717, 1.165) is 12.8 Å². The summed E-state index contributed by atoms with van der Waals surface area (Å²) in [6.45, 7) is 2.60. The molecule has 0 aromatic rings. The number of imide groups is 1. The maximum Gasteiger partial charge on any atom is 0.252 e. The van der Waals surface area contributed by atoms with Gasteiger partial charge in [-0.25, -0.2) is 0 Å². The molecule has 0 saturated heterocycles. The van der Waals surface area contributed by atoms with Crippen LogP contribution in [0.4, 0.5) is 0 Å². The minimum Gasteiger partial charge on any atom is -0.279 e. The molecule has 3 nitrogen and oxygen atoms in total. The first kappa shape index (κ1) is 8.97. The molecule has 3 heteroatoms. The Hall–Kier alpha value is -1.12. The smallest absolute Gasteiger partial charge is 0.252 e. The Morgan fingerprint density at radius 2 is 2.25 bits per heavy atom. The van der Waals surface area contributed by atoms with Crippen LogP contribution in [0.2, 0.25) is 0 Å². The SMILES string of the molecule is CCCCN1C(=O)C=CCC1=O. The van der Waals surface area contributed by atoms with Gasteiger partial charge < -0.3 is 0 Å². The summed E-state index contributed by atoms with van der Waals surface area (Å²) in [4.78, 5) is 23.6. The fourth-order valence-electron chi connectivity index (χ4n) is 1.13. The molecule has 0 bridgehead atoms. The number of carbonyl (C=O) groups excluding carboxylic acids is 2. The first-order valence-corrected chi connectivity index (χ1v) is 4.26. The minimum absolute atomic E-state index is 0.0732. The molecule has 12 heavy (non-hydrogen) atoms. The van der Waals surface area contributed by atoms with Crippen molar-refractivity contribution >= 4 is 11.8 Å². The van der Waals surface area contributed by atoms with Crippen molar-refractivity contribution in [1.29, 1.82) is 0 Å². The van der Waals surface area contributed by atoms with Crippen LogP contribution < -0.4 is 0 Å². The average molecular weight is 167 g/mol. The Morgan fingerprint density at radius 1 is 1.50 bits per heavy atom. The Morgan fingerprint density at radius 3 is 2.83 bits per heavy atom. The third kappa shape index (κ3) is 1.94. The Labute approximate surface area is 72.0 Å². The molecule has 1 rings (SSSR count). The molecule has 0 radical (unpaired) electrons. The zero-order valence-corrected chi connectivity index (χ0v) is 7.25. The minimum atomic E-state index is -0.167. The Bertz CT molecular complexity index is 221. The molecule has 0 N–H and O–H groups in total. The quantitative estimate of drug-likeness (QED) is 0.590. The molecule has 66 valence electrons. The van der Waals surface area contributed by atoms with Crippen LogP contribution in [-0.2, 0) is 9.59 Å². The van der Waals surface area contributed by atoms with Gasteiger partial charge in [0, 0.05) is 19.0 Å². The van der Waals surface area contributed by atoms with Crippen molar-refractivity contribution in [2.24, 2.45) is 0 Å². The van der Waals surface area contributed by atoms with Crippen LogP contribution in [0.1, 0.15) is 26.2 Å². The number of carbonyl (C=O) groups is 2. The van der Waals surface area contributed by atoms with E-state index < -0.39 is 0 Å². The maximum absolute atomic E-state index is 11.2. The van der Waals surface area contributed by atoms with Crippen molar-refractivity contribution in [3.05, 3.63) is 12.2 Å². The number of hydrogen-bond donors (Lipinski definition) is 0. The largest absolute Gasteiger partial charge is 0.279 e. The van der Waals surface area contributed by atoms with Crippen LogP contribution in [0, 0.1) is 0 Å². The fraction of sp³-hybridized carbons (Fsp3) is 0.556. The van der Waals surface area contributed by atoms with Gasteiger partial charge in [0.15, 0.2) is 0 Å². The Balaban J connectivity index is 2.54. The highest BCUT2D eigenvalue weighted by Crippen LogP contribution is 2.06. The highest BCUT2D eigenvalue weighted by molar-refractivity contribution is 6.04. The molecule has 1 aliphatic heterocycles. The third-order valence-corrected chi connectivity index (χ3v) is 1.86. The van der Waals surface area contributed by atoms with Crippen LogP contribution in [0.3, 0.4) is 0 Å². The second kappa shape index (κ2) is 4.04. The van der Waals surface area contributed by atoms with Gasteiger partial charge in [-0.05, 0) is 6.42 Å². The molecule has 0 atom stereocenters.